The molecule has 0 bridgehead atoms. The largest absolute Gasteiger partial charge is 0.330 e. The molecule has 0 radical (unpaired) electrons. The van der Waals surface area contributed by atoms with Gasteiger partial charge in [-0.2, -0.15) is 0 Å². The van der Waals surface area contributed by atoms with Crippen molar-refractivity contribution in [3.63, 3.8) is 0 Å². The minimum Gasteiger partial charge on any atom is -0.330 e. The molecule has 0 amide bonds. The van der Waals surface area contributed by atoms with Crippen LogP contribution in [-0.4, -0.2) is 11.5 Å². The number of aromatic nitrogens is 1. The van der Waals surface area contributed by atoms with Crippen LogP contribution >= 0.6 is 38.6 Å². The van der Waals surface area contributed by atoms with E-state index in [1.807, 2.05) is 0 Å². The van der Waals surface area contributed by atoms with Gasteiger partial charge < -0.3 is 5.73 Å². The highest BCUT2D eigenvalue weighted by Gasteiger charge is 2.25. The minimum atomic E-state index is 0.00842. The molecule has 2 rings (SSSR count). The molecule has 0 aliphatic carbocycles. The van der Waals surface area contributed by atoms with Crippen molar-refractivity contribution in [2.45, 2.75) is 26.2 Å². The van der Waals surface area contributed by atoms with Gasteiger partial charge >= 0.3 is 0 Å². The number of rotatable bonds is 3. The van der Waals surface area contributed by atoms with E-state index >= 15 is 0 Å². The summed E-state index contributed by atoms with van der Waals surface area (Å²) in [6.45, 7) is 7.04. The molecule has 92 valence electrons. The number of nitrogens with zero attached hydrogens (tertiary/aromatic N) is 1. The zero-order chi connectivity index (χ0) is 12.6. The molecular weight excluding hydrogens is 316 g/mol. The van der Waals surface area contributed by atoms with Crippen LogP contribution < -0.4 is 5.73 Å². The number of halogens is 1. The Morgan fingerprint density at radius 2 is 2.06 bits per heavy atom. The Morgan fingerprint density at radius 3 is 2.59 bits per heavy atom. The van der Waals surface area contributed by atoms with Gasteiger partial charge in [0, 0.05) is 16.8 Å². The fourth-order valence-electron chi connectivity index (χ4n) is 1.65. The summed E-state index contributed by atoms with van der Waals surface area (Å²) in [5.41, 5.74) is 6.94. The Balaban J connectivity index is 2.44. The molecule has 0 saturated carbocycles. The first kappa shape index (κ1) is 13.2. The van der Waals surface area contributed by atoms with Gasteiger partial charge in [0.2, 0.25) is 0 Å². The van der Waals surface area contributed by atoms with E-state index in [0.29, 0.717) is 6.54 Å². The Morgan fingerprint density at radius 1 is 1.35 bits per heavy atom. The lowest BCUT2D eigenvalue weighted by atomic mass is 9.91. The highest BCUT2D eigenvalue weighted by atomic mass is 79.9. The van der Waals surface area contributed by atoms with E-state index in [1.54, 1.807) is 22.7 Å². The van der Waals surface area contributed by atoms with Gasteiger partial charge in [-0.1, -0.05) is 13.8 Å². The van der Waals surface area contributed by atoms with Crippen LogP contribution in [0.15, 0.2) is 15.9 Å². The van der Waals surface area contributed by atoms with Crippen molar-refractivity contribution in [2.75, 3.05) is 6.54 Å². The third-order valence-corrected chi connectivity index (χ3v) is 6.02. The summed E-state index contributed by atoms with van der Waals surface area (Å²) in [7, 11) is 0. The molecule has 2 N–H and O–H groups in total. The van der Waals surface area contributed by atoms with E-state index in [2.05, 4.69) is 53.8 Å². The van der Waals surface area contributed by atoms with Crippen LogP contribution in [0.5, 0.6) is 0 Å². The normalized spacial score (nSPS) is 12.1. The molecule has 5 heteroatoms. The fraction of sp³-hybridized carbons (Fsp3) is 0.417. The lowest BCUT2D eigenvalue weighted by molar-refractivity contribution is 0.546. The van der Waals surface area contributed by atoms with E-state index in [0.717, 1.165) is 14.5 Å². The van der Waals surface area contributed by atoms with Crippen LogP contribution in [0.25, 0.3) is 9.88 Å². The molecule has 17 heavy (non-hydrogen) atoms. The highest BCUT2D eigenvalue weighted by molar-refractivity contribution is 9.11. The number of hydrogen-bond acceptors (Lipinski definition) is 4. The average Bonchev–Trinajstić information content (AvgIpc) is 2.85. The van der Waals surface area contributed by atoms with Gasteiger partial charge in [-0.05, 0) is 35.0 Å². The molecule has 2 nitrogen and oxygen atoms in total. The van der Waals surface area contributed by atoms with Crippen molar-refractivity contribution >= 4 is 38.6 Å². The molecule has 0 aliphatic heterocycles. The Kier molecular flexibility index (Phi) is 3.73. The van der Waals surface area contributed by atoms with Gasteiger partial charge in [0.1, 0.15) is 5.01 Å². The van der Waals surface area contributed by atoms with E-state index in [1.165, 1.54) is 9.75 Å². The zero-order valence-electron chi connectivity index (χ0n) is 10.1. The van der Waals surface area contributed by atoms with Crippen LogP contribution in [0, 0.1) is 6.92 Å². The first-order chi connectivity index (χ1) is 7.94. The van der Waals surface area contributed by atoms with Gasteiger partial charge in [0.15, 0.2) is 0 Å². The standard InChI is InChI=1S/C12H15BrN2S2/c1-7-10(12(2,3)6-14)17-11(15-7)8-4-5-9(13)16-8/h4-5H,6,14H2,1-3H3. The molecule has 0 spiro atoms. The summed E-state index contributed by atoms with van der Waals surface area (Å²) in [6, 6.07) is 4.16. The van der Waals surface area contributed by atoms with Gasteiger partial charge in [-0.3, -0.25) is 0 Å². The molecule has 0 atom stereocenters. The van der Waals surface area contributed by atoms with Crippen LogP contribution in [0.2, 0.25) is 0 Å². The molecule has 2 aromatic rings. The predicted molar refractivity (Wildman–Crippen MR) is 79.9 cm³/mol. The van der Waals surface area contributed by atoms with Crippen molar-refractivity contribution in [1.82, 2.24) is 4.98 Å². The first-order valence-electron chi connectivity index (χ1n) is 5.38. The monoisotopic (exact) mass is 330 g/mol. The predicted octanol–water partition coefficient (Wildman–Crippen LogP) is 4.18. The van der Waals surface area contributed by atoms with Crippen LogP contribution in [0.1, 0.15) is 24.4 Å². The van der Waals surface area contributed by atoms with Crippen molar-refractivity contribution in [3.8, 4) is 9.88 Å². The number of nitrogens with two attached hydrogens (primary N) is 1. The van der Waals surface area contributed by atoms with Gasteiger partial charge in [0.05, 0.1) is 14.4 Å². The summed E-state index contributed by atoms with van der Waals surface area (Å²) in [4.78, 5) is 7.16. The second kappa shape index (κ2) is 4.80. The molecule has 0 unspecified atom stereocenters. The summed E-state index contributed by atoms with van der Waals surface area (Å²) in [6.07, 6.45) is 0. The van der Waals surface area contributed by atoms with E-state index < -0.39 is 0 Å². The number of thiophene rings is 1. The van der Waals surface area contributed by atoms with E-state index in [-0.39, 0.29) is 5.41 Å². The quantitative estimate of drug-likeness (QED) is 0.916. The third-order valence-electron chi connectivity index (χ3n) is 2.71. The molecule has 0 aliphatic rings. The van der Waals surface area contributed by atoms with Crippen LogP contribution in [-0.2, 0) is 5.41 Å². The summed E-state index contributed by atoms with van der Waals surface area (Å²) < 4.78 is 1.14. The molecule has 0 aromatic carbocycles. The van der Waals surface area contributed by atoms with Crippen LogP contribution in [0.4, 0.5) is 0 Å². The summed E-state index contributed by atoms with van der Waals surface area (Å²) >= 11 is 6.95. The highest BCUT2D eigenvalue weighted by Crippen LogP contribution is 2.38. The van der Waals surface area contributed by atoms with Gasteiger partial charge in [0.25, 0.3) is 0 Å². The number of thiazole rings is 1. The maximum Gasteiger partial charge on any atom is 0.133 e. The van der Waals surface area contributed by atoms with Crippen molar-refractivity contribution in [3.05, 3.63) is 26.5 Å². The summed E-state index contributed by atoms with van der Waals surface area (Å²) in [5, 5.41) is 1.09. The Labute approximate surface area is 118 Å². The van der Waals surface area contributed by atoms with Crippen molar-refractivity contribution in [2.24, 2.45) is 5.73 Å². The molecule has 2 aromatic heterocycles. The van der Waals surface area contributed by atoms with Crippen molar-refractivity contribution in [1.29, 1.82) is 0 Å². The van der Waals surface area contributed by atoms with Crippen molar-refractivity contribution < 1.29 is 0 Å². The minimum absolute atomic E-state index is 0.00842. The Bertz CT molecular complexity index is 528. The first-order valence-corrected chi connectivity index (χ1v) is 7.80. The summed E-state index contributed by atoms with van der Waals surface area (Å²) in [5.74, 6) is 0. The molecule has 0 fully saturated rings. The average molecular weight is 331 g/mol. The molecular formula is C12H15BrN2S2. The second-order valence-corrected chi connectivity index (χ2v) is 8.09. The van der Waals surface area contributed by atoms with E-state index in [9.17, 15) is 0 Å². The van der Waals surface area contributed by atoms with Gasteiger partial charge in [-0.15, -0.1) is 22.7 Å². The molecule has 2 heterocycles. The van der Waals surface area contributed by atoms with E-state index in [4.69, 9.17) is 5.73 Å². The van der Waals surface area contributed by atoms with Crippen LogP contribution in [0.3, 0.4) is 0 Å². The maximum atomic E-state index is 5.83. The topological polar surface area (TPSA) is 38.9 Å². The lowest BCUT2D eigenvalue weighted by Crippen LogP contribution is -2.27. The Hall–Kier alpha value is -0.230. The SMILES string of the molecule is Cc1nc(-c2ccc(Br)s2)sc1C(C)(C)CN. The zero-order valence-corrected chi connectivity index (χ0v) is 13.3. The molecule has 0 saturated heterocycles. The second-order valence-electron chi connectivity index (χ2n) is 4.63. The number of aryl methyl sites for hydroxylation is 1. The smallest absolute Gasteiger partial charge is 0.133 e. The fourth-order valence-corrected chi connectivity index (χ4v) is 4.27. The maximum absolute atomic E-state index is 5.83. The number of hydrogen-bond donors (Lipinski definition) is 1. The van der Waals surface area contributed by atoms with Gasteiger partial charge in [-0.25, -0.2) is 4.98 Å². The third kappa shape index (κ3) is 2.62. The lowest BCUT2D eigenvalue weighted by Gasteiger charge is -2.20.